The van der Waals surface area contributed by atoms with Gasteiger partial charge >= 0.3 is 5.97 Å². The summed E-state index contributed by atoms with van der Waals surface area (Å²) in [6, 6.07) is 0.208. The molecule has 1 aliphatic rings. The van der Waals surface area contributed by atoms with E-state index in [1.165, 1.54) is 0 Å². The van der Waals surface area contributed by atoms with E-state index in [2.05, 4.69) is 6.92 Å². The number of likely N-dealkylation sites (tertiary alicyclic amines) is 1. The second kappa shape index (κ2) is 4.96. The molecule has 4 nitrogen and oxygen atoms in total. The summed E-state index contributed by atoms with van der Waals surface area (Å²) in [6.07, 6.45) is 4.02. The smallest absolute Gasteiger partial charge is 0.328 e. The second-order valence-electron chi connectivity index (χ2n) is 4.18. The summed E-state index contributed by atoms with van der Waals surface area (Å²) < 4.78 is 0. The predicted octanol–water partition coefficient (Wildman–Crippen LogP) is 1.27. The lowest BCUT2D eigenvalue weighted by Gasteiger charge is -2.35. The Bertz CT molecular complexity index is 286. The SMILES string of the molecule is CC1CCN(C(=O)C=CC(=O)O)C(C)C1. The van der Waals surface area contributed by atoms with Crippen LogP contribution in [0, 0.1) is 5.92 Å². The molecule has 1 aliphatic heterocycles. The van der Waals surface area contributed by atoms with E-state index in [0.717, 1.165) is 31.5 Å². The summed E-state index contributed by atoms with van der Waals surface area (Å²) in [6.45, 7) is 4.90. The van der Waals surface area contributed by atoms with Crippen molar-refractivity contribution < 1.29 is 14.7 Å². The Kier molecular flexibility index (Phi) is 3.88. The van der Waals surface area contributed by atoms with E-state index >= 15 is 0 Å². The van der Waals surface area contributed by atoms with E-state index in [-0.39, 0.29) is 11.9 Å². The number of carbonyl (C=O) groups excluding carboxylic acids is 1. The van der Waals surface area contributed by atoms with E-state index in [1.807, 2.05) is 6.92 Å². The molecule has 0 aliphatic carbocycles. The number of carboxylic acids is 1. The number of piperidine rings is 1. The maximum Gasteiger partial charge on any atom is 0.328 e. The molecule has 2 atom stereocenters. The van der Waals surface area contributed by atoms with Crippen LogP contribution in [0.3, 0.4) is 0 Å². The van der Waals surface area contributed by atoms with Crippen LogP contribution >= 0.6 is 0 Å². The van der Waals surface area contributed by atoms with E-state index in [9.17, 15) is 9.59 Å². The van der Waals surface area contributed by atoms with Gasteiger partial charge in [0.25, 0.3) is 0 Å². The molecule has 1 saturated heterocycles. The first kappa shape index (κ1) is 11.8. The molecule has 4 heteroatoms. The van der Waals surface area contributed by atoms with E-state index in [0.29, 0.717) is 5.92 Å². The molecule has 0 aromatic heterocycles. The average Bonchev–Trinajstić information content (AvgIpc) is 2.14. The normalized spacial score (nSPS) is 26.9. The molecule has 1 amide bonds. The Morgan fingerprint density at radius 1 is 1.33 bits per heavy atom. The first-order valence-electron chi connectivity index (χ1n) is 5.22. The number of rotatable bonds is 2. The standard InChI is InChI=1S/C11H17NO3/c1-8-5-6-12(9(2)7-8)10(13)3-4-11(14)15/h3-4,8-9H,5-7H2,1-2H3,(H,14,15). The third kappa shape index (κ3) is 3.38. The first-order chi connectivity index (χ1) is 7.00. The van der Waals surface area contributed by atoms with Crippen molar-refractivity contribution >= 4 is 11.9 Å². The highest BCUT2D eigenvalue weighted by atomic mass is 16.4. The van der Waals surface area contributed by atoms with Crippen molar-refractivity contribution in [1.82, 2.24) is 4.90 Å². The fourth-order valence-corrected chi connectivity index (χ4v) is 1.97. The van der Waals surface area contributed by atoms with E-state index in [4.69, 9.17) is 5.11 Å². The lowest BCUT2D eigenvalue weighted by molar-refractivity contribution is -0.133. The molecule has 1 rings (SSSR count). The van der Waals surface area contributed by atoms with Crippen LogP contribution in [0.1, 0.15) is 26.7 Å². The average molecular weight is 211 g/mol. The molecule has 2 unspecified atom stereocenters. The molecule has 0 spiro atoms. The van der Waals surface area contributed by atoms with Gasteiger partial charge in [0.2, 0.25) is 5.91 Å². The van der Waals surface area contributed by atoms with Gasteiger partial charge in [-0.15, -0.1) is 0 Å². The molecule has 0 radical (unpaired) electrons. The van der Waals surface area contributed by atoms with Gasteiger partial charge in [-0.25, -0.2) is 4.79 Å². The maximum absolute atomic E-state index is 11.6. The monoisotopic (exact) mass is 211 g/mol. The largest absolute Gasteiger partial charge is 0.478 e. The number of amides is 1. The van der Waals surface area contributed by atoms with Crippen LogP contribution in [-0.4, -0.2) is 34.5 Å². The summed E-state index contributed by atoms with van der Waals surface area (Å²) in [5.41, 5.74) is 0. The van der Waals surface area contributed by atoms with E-state index < -0.39 is 5.97 Å². The number of aliphatic carboxylic acids is 1. The highest BCUT2D eigenvalue weighted by molar-refractivity contribution is 5.94. The second-order valence-corrected chi connectivity index (χ2v) is 4.18. The summed E-state index contributed by atoms with van der Waals surface area (Å²) in [5, 5.41) is 8.41. The zero-order chi connectivity index (χ0) is 11.4. The van der Waals surface area contributed by atoms with E-state index in [1.54, 1.807) is 4.90 Å². The van der Waals surface area contributed by atoms with Crippen molar-refractivity contribution in [2.45, 2.75) is 32.7 Å². The van der Waals surface area contributed by atoms with Crippen molar-refractivity contribution in [3.05, 3.63) is 12.2 Å². The van der Waals surface area contributed by atoms with Crippen LogP contribution in [0.2, 0.25) is 0 Å². The van der Waals surface area contributed by atoms with Crippen molar-refractivity contribution in [3.8, 4) is 0 Å². The van der Waals surface area contributed by atoms with Crippen molar-refractivity contribution in [3.63, 3.8) is 0 Å². The van der Waals surface area contributed by atoms with Crippen LogP contribution in [0.5, 0.6) is 0 Å². The molecular weight excluding hydrogens is 194 g/mol. The topological polar surface area (TPSA) is 57.6 Å². The molecule has 1 N–H and O–H groups in total. The molecule has 0 aromatic carbocycles. The molecule has 0 saturated carbocycles. The third-order valence-electron chi connectivity index (χ3n) is 2.79. The summed E-state index contributed by atoms with van der Waals surface area (Å²) >= 11 is 0. The molecule has 1 heterocycles. The van der Waals surface area contributed by atoms with Gasteiger partial charge in [0.15, 0.2) is 0 Å². The van der Waals surface area contributed by atoms with Gasteiger partial charge in [0.1, 0.15) is 0 Å². The maximum atomic E-state index is 11.6. The highest BCUT2D eigenvalue weighted by Crippen LogP contribution is 2.22. The van der Waals surface area contributed by atoms with Crippen molar-refractivity contribution in [2.75, 3.05) is 6.54 Å². The first-order valence-corrected chi connectivity index (χ1v) is 5.22. The Balaban J connectivity index is 2.56. The molecule has 15 heavy (non-hydrogen) atoms. The van der Waals surface area contributed by atoms with Gasteiger partial charge in [0.05, 0.1) is 0 Å². The van der Waals surface area contributed by atoms with Crippen LogP contribution in [-0.2, 0) is 9.59 Å². The molecule has 0 bridgehead atoms. The summed E-state index contributed by atoms with van der Waals surface area (Å²) in [5.74, 6) is -0.634. The highest BCUT2D eigenvalue weighted by Gasteiger charge is 2.25. The minimum atomic E-state index is -1.08. The summed E-state index contributed by atoms with van der Waals surface area (Å²) in [7, 11) is 0. The summed E-state index contributed by atoms with van der Waals surface area (Å²) in [4.78, 5) is 23.6. The molecular formula is C11H17NO3. The molecule has 1 fully saturated rings. The number of hydrogen-bond donors (Lipinski definition) is 1. The third-order valence-corrected chi connectivity index (χ3v) is 2.79. The fraction of sp³-hybridized carbons (Fsp3) is 0.636. The lowest BCUT2D eigenvalue weighted by Crippen LogP contribution is -2.43. The number of hydrogen-bond acceptors (Lipinski definition) is 2. The van der Waals surface area contributed by atoms with Gasteiger partial charge in [-0.3, -0.25) is 4.79 Å². The Labute approximate surface area is 89.6 Å². The minimum Gasteiger partial charge on any atom is -0.478 e. The molecule has 0 aromatic rings. The predicted molar refractivity (Wildman–Crippen MR) is 56.3 cm³/mol. The zero-order valence-electron chi connectivity index (χ0n) is 9.14. The Morgan fingerprint density at radius 3 is 2.53 bits per heavy atom. The van der Waals surface area contributed by atoms with Gasteiger partial charge in [-0.2, -0.15) is 0 Å². The molecule has 84 valence electrons. The number of nitrogens with zero attached hydrogens (tertiary/aromatic N) is 1. The van der Waals surface area contributed by atoms with Gasteiger partial charge in [-0.05, 0) is 25.7 Å². The fourth-order valence-electron chi connectivity index (χ4n) is 1.97. The van der Waals surface area contributed by atoms with Crippen LogP contribution in [0.4, 0.5) is 0 Å². The van der Waals surface area contributed by atoms with Crippen LogP contribution in [0.25, 0.3) is 0 Å². The van der Waals surface area contributed by atoms with Crippen molar-refractivity contribution in [2.24, 2.45) is 5.92 Å². The lowest BCUT2D eigenvalue weighted by atomic mass is 9.93. The van der Waals surface area contributed by atoms with Crippen LogP contribution < -0.4 is 0 Å². The number of carboxylic acid groups (broad SMARTS) is 1. The van der Waals surface area contributed by atoms with Gasteiger partial charge < -0.3 is 10.0 Å². The Hall–Kier alpha value is -1.32. The minimum absolute atomic E-state index is 0.197. The number of carbonyl (C=O) groups is 2. The van der Waals surface area contributed by atoms with Crippen LogP contribution in [0.15, 0.2) is 12.2 Å². The van der Waals surface area contributed by atoms with Crippen molar-refractivity contribution in [1.29, 1.82) is 0 Å². The Morgan fingerprint density at radius 2 is 2.00 bits per heavy atom. The zero-order valence-corrected chi connectivity index (χ0v) is 9.14. The van der Waals surface area contributed by atoms with Gasteiger partial charge in [0, 0.05) is 24.7 Å². The van der Waals surface area contributed by atoms with Gasteiger partial charge in [-0.1, -0.05) is 6.92 Å². The quantitative estimate of drug-likeness (QED) is 0.700.